The van der Waals surface area contributed by atoms with Crippen LogP contribution in [0.3, 0.4) is 0 Å². The van der Waals surface area contributed by atoms with Crippen LogP contribution in [0.5, 0.6) is 5.75 Å². The van der Waals surface area contributed by atoms with Crippen LogP contribution in [0.4, 0.5) is 0 Å². The van der Waals surface area contributed by atoms with Crippen molar-refractivity contribution in [3.8, 4) is 16.9 Å². The molecule has 0 aromatic heterocycles. The summed E-state index contributed by atoms with van der Waals surface area (Å²) in [5, 5.41) is 0. The molecule has 1 saturated carbocycles. The molecule has 2 aromatic rings. The number of ether oxygens (including phenoxy) is 3. The van der Waals surface area contributed by atoms with Gasteiger partial charge < -0.3 is 14.2 Å². The van der Waals surface area contributed by atoms with Crippen LogP contribution in [0.2, 0.25) is 0 Å². The highest BCUT2D eigenvalue weighted by molar-refractivity contribution is 5.90. The van der Waals surface area contributed by atoms with E-state index in [1.165, 1.54) is 12.5 Å². The van der Waals surface area contributed by atoms with Gasteiger partial charge in [0.05, 0.1) is 18.8 Å². The summed E-state index contributed by atoms with van der Waals surface area (Å²) in [5.74, 6) is 0.246. The Morgan fingerprint density at radius 1 is 0.818 bits per heavy atom. The average molecular weight is 451 g/mol. The summed E-state index contributed by atoms with van der Waals surface area (Å²) in [6, 6.07) is 15.6. The number of carbonyl (C=O) groups is 2. The van der Waals surface area contributed by atoms with Gasteiger partial charge in [0.2, 0.25) is 0 Å². The van der Waals surface area contributed by atoms with Crippen molar-refractivity contribution in [2.45, 2.75) is 63.9 Å². The van der Waals surface area contributed by atoms with E-state index in [2.05, 4.69) is 6.58 Å². The fourth-order valence-corrected chi connectivity index (χ4v) is 3.92. The van der Waals surface area contributed by atoms with E-state index in [-0.39, 0.29) is 18.0 Å². The molecule has 0 bridgehead atoms. The van der Waals surface area contributed by atoms with Gasteiger partial charge in [-0.25, -0.2) is 9.59 Å². The van der Waals surface area contributed by atoms with Gasteiger partial charge in [0.25, 0.3) is 0 Å². The summed E-state index contributed by atoms with van der Waals surface area (Å²) in [6.07, 6.45) is 10.6. The van der Waals surface area contributed by atoms with Crippen molar-refractivity contribution >= 4 is 11.9 Å². The van der Waals surface area contributed by atoms with Crippen molar-refractivity contribution in [2.24, 2.45) is 0 Å². The lowest BCUT2D eigenvalue weighted by Gasteiger charge is -2.21. The predicted octanol–water partition coefficient (Wildman–Crippen LogP) is 6.51. The first-order chi connectivity index (χ1) is 16.2. The Morgan fingerprint density at radius 2 is 1.42 bits per heavy atom. The molecule has 1 fully saturated rings. The zero-order valence-electron chi connectivity index (χ0n) is 19.3. The summed E-state index contributed by atoms with van der Waals surface area (Å²) in [4.78, 5) is 23.3. The molecule has 3 rings (SSSR count). The number of hydrogen-bond donors (Lipinski definition) is 0. The van der Waals surface area contributed by atoms with E-state index in [1.807, 2.05) is 48.5 Å². The lowest BCUT2D eigenvalue weighted by Crippen LogP contribution is -2.20. The highest BCUT2D eigenvalue weighted by atomic mass is 16.5. The third-order valence-electron chi connectivity index (χ3n) is 5.85. The molecule has 5 nitrogen and oxygen atoms in total. The minimum atomic E-state index is -0.366. The van der Waals surface area contributed by atoms with E-state index in [0.717, 1.165) is 68.2 Å². The summed E-state index contributed by atoms with van der Waals surface area (Å²) >= 11 is 0. The van der Waals surface area contributed by atoms with Crippen molar-refractivity contribution in [3.05, 3.63) is 66.7 Å². The smallest absolute Gasteiger partial charge is 0.338 e. The molecule has 176 valence electrons. The monoisotopic (exact) mass is 450 g/mol. The lowest BCUT2D eigenvalue weighted by molar-refractivity contribution is -0.137. The molecular formula is C28H34O5. The van der Waals surface area contributed by atoms with Crippen molar-refractivity contribution in [2.75, 3.05) is 13.2 Å². The third-order valence-corrected chi connectivity index (χ3v) is 5.85. The fourth-order valence-electron chi connectivity index (χ4n) is 3.92. The van der Waals surface area contributed by atoms with Crippen LogP contribution >= 0.6 is 0 Å². The fraction of sp³-hybridized carbons (Fsp3) is 0.429. The van der Waals surface area contributed by atoms with Crippen LogP contribution in [0, 0.1) is 0 Å². The second-order valence-corrected chi connectivity index (χ2v) is 8.40. The maximum Gasteiger partial charge on any atom is 0.338 e. The second kappa shape index (κ2) is 13.5. The number of carbonyl (C=O) groups excluding carboxylic acids is 2. The average Bonchev–Trinajstić information content (AvgIpc) is 2.86. The first kappa shape index (κ1) is 24.6. The molecule has 0 unspecified atom stereocenters. The normalized spacial score (nSPS) is 13.8. The van der Waals surface area contributed by atoms with E-state index in [0.29, 0.717) is 18.8 Å². The van der Waals surface area contributed by atoms with E-state index in [9.17, 15) is 9.59 Å². The zero-order chi connectivity index (χ0) is 23.3. The largest absolute Gasteiger partial charge is 0.494 e. The SMILES string of the molecule is C=CC(=O)OCCCCCCOc1ccc(-c2ccc(C(=O)OC3CCCCC3)cc2)cc1. The van der Waals surface area contributed by atoms with Gasteiger partial charge in [-0.2, -0.15) is 0 Å². The minimum absolute atomic E-state index is 0.0699. The molecule has 0 saturated heterocycles. The Labute approximate surface area is 196 Å². The van der Waals surface area contributed by atoms with Crippen molar-refractivity contribution in [1.29, 1.82) is 0 Å². The molecule has 0 aliphatic heterocycles. The maximum atomic E-state index is 12.4. The van der Waals surface area contributed by atoms with E-state index in [1.54, 1.807) is 0 Å². The number of esters is 2. The first-order valence-corrected chi connectivity index (χ1v) is 12.0. The minimum Gasteiger partial charge on any atom is -0.494 e. The Bertz CT molecular complexity index is 880. The standard InChI is InChI=1S/C28H34O5/c1-2-27(29)32-21-9-4-3-8-20-31-25-18-16-23(17-19-25)22-12-14-24(15-13-22)28(30)33-26-10-6-5-7-11-26/h2,12-19,26H,1,3-11,20-21H2. The number of benzene rings is 2. The van der Waals surface area contributed by atoms with Crippen LogP contribution in [-0.2, 0) is 14.3 Å². The molecule has 1 aliphatic rings. The Hall–Kier alpha value is -3.08. The molecule has 2 aromatic carbocycles. The van der Waals surface area contributed by atoms with Gasteiger partial charge in [0.15, 0.2) is 0 Å². The summed E-state index contributed by atoms with van der Waals surface area (Å²) in [7, 11) is 0. The Balaban J connectivity index is 1.37. The third kappa shape index (κ3) is 8.41. The molecule has 1 aliphatic carbocycles. The van der Waals surface area contributed by atoms with Crippen molar-refractivity contribution in [3.63, 3.8) is 0 Å². The molecule has 0 radical (unpaired) electrons. The van der Waals surface area contributed by atoms with Crippen LogP contribution in [0.25, 0.3) is 11.1 Å². The van der Waals surface area contributed by atoms with Crippen LogP contribution in [0.15, 0.2) is 61.2 Å². The molecule has 5 heteroatoms. The van der Waals surface area contributed by atoms with Gasteiger partial charge >= 0.3 is 11.9 Å². The summed E-state index contributed by atoms with van der Waals surface area (Å²) in [5.41, 5.74) is 2.72. The highest BCUT2D eigenvalue weighted by Gasteiger charge is 2.18. The lowest BCUT2D eigenvalue weighted by atomic mass is 9.98. The van der Waals surface area contributed by atoms with Gasteiger partial charge in [-0.3, -0.25) is 0 Å². The van der Waals surface area contributed by atoms with Crippen molar-refractivity contribution < 1.29 is 23.8 Å². The maximum absolute atomic E-state index is 12.4. The number of hydrogen-bond acceptors (Lipinski definition) is 5. The van der Waals surface area contributed by atoms with Gasteiger partial charge in [-0.15, -0.1) is 0 Å². The molecule has 0 atom stereocenters. The van der Waals surface area contributed by atoms with Gasteiger partial charge in [0, 0.05) is 6.08 Å². The van der Waals surface area contributed by atoms with Gasteiger partial charge in [-0.1, -0.05) is 37.3 Å². The molecular weight excluding hydrogens is 416 g/mol. The topological polar surface area (TPSA) is 61.8 Å². The van der Waals surface area contributed by atoms with Gasteiger partial charge in [-0.05, 0) is 86.8 Å². The number of unbranched alkanes of at least 4 members (excludes halogenated alkanes) is 3. The summed E-state index contributed by atoms with van der Waals surface area (Å²) in [6.45, 7) is 4.47. The second-order valence-electron chi connectivity index (χ2n) is 8.40. The summed E-state index contributed by atoms with van der Waals surface area (Å²) < 4.78 is 16.4. The first-order valence-electron chi connectivity index (χ1n) is 12.0. The molecule has 0 amide bonds. The van der Waals surface area contributed by atoms with E-state index in [4.69, 9.17) is 14.2 Å². The van der Waals surface area contributed by atoms with Crippen LogP contribution in [-0.4, -0.2) is 31.3 Å². The van der Waals surface area contributed by atoms with Gasteiger partial charge in [0.1, 0.15) is 11.9 Å². The molecule has 33 heavy (non-hydrogen) atoms. The highest BCUT2D eigenvalue weighted by Crippen LogP contribution is 2.25. The van der Waals surface area contributed by atoms with E-state index >= 15 is 0 Å². The van der Waals surface area contributed by atoms with E-state index < -0.39 is 0 Å². The van der Waals surface area contributed by atoms with Crippen LogP contribution < -0.4 is 4.74 Å². The molecule has 0 spiro atoms. The quantitative estimate of drug-likeness (QED) is 0.209. The molecule has 0 N–H and O–H groups in total. The zero-order valence-corrected chi connectivity index (χ0v) is 19.3. The Morgan fingerprint density at radius 3 is 2.06 bits per heavy atom. The molecule has 0 heterocycles. The van der Waals surface area contributed by atoms with Crippen molar-refractivity contribution in [1.82, 2.24) is 0 Å². The Kier molecular flexibility index (Phi) is 10.0. The predicted molar refractivity (Wildman–Crippen MR) is 129 cm³/mol. The number of rotatable bonds is 12. The van der Waals surface area contributed by atoms with Crippen LogP contribution in [0.1, 0.15) is 68.1 Å².